The lowest BCUT2D eigenvalue weighted by atomic mass is 10.1. The molecule has 0 aliphatic carbocycles. The van der Waals surface area contributed by atoms with E-state index in [-0.39, 0.29) is 11.9 Å². The van der Waals surface area contributed by atoms with Crippen LogP contribution in [0.15, 0.2) is 24.3 Å². The fourth-order valence-electron chi connectivity index (χ4n) is 4.59. The average molecular weight is 575 g/mol. The first kappa shape index (κ1) is 26.5. The van der Waals surface area contributed by atoms with Gasteiger partial charge in [0.15, 0.2) is 10.9 Å². The quantitative estimate of drug-likeness (QED) is 0.324. The number of benzene rings is 1. The van der Waals surface area contributed by atoms with Gasteiger partial charge in [-0.1, -0.05) is 29.6 Å². The van der Waals surface area contributed by atoms with E-state index in [1.165, 1.54) is 45.4 Å². The first-order chi connectivity index (χ1) is 18.1. The van der Waals surface area contributed by atoms with E-state index in [4.69, 9.17) is 15.1 Å². The number of piperidine rings is 1. The largest absolute Gasteiger partial charge is 0.345 e. The number of sulfonamides is 1. The molecule has 1 aliphatic rings. The first-order valence-corrected chi connectivity index (χ1v) is 15.6. The van der Waals surface area contributed by atoms with Crippen molar-refractivity contribution in [1.29, 1.82) is 5.26 Å². The first-order valence-electron chi connectivity index (χ1n) is 12.1. The van der Waals surface area contributed by atoms with E-state index in [1.54, 1.807) is 23.7 Å². The van der Waals surface area contributed by atoms with Crippen molar-refractivity contribution in [2.45, 2.75) is 32.2 Å². The highest BCUT2D eigenvalue weighted by atomic mass is 32.2. The monoisotopic (exact) mass is 574 g/mol. The minimum atomic E-state index is -3.29. The van der Waals surface area contributed by atoms with Crippen molar-refractivity contribution in [3.05, 3.63) is 40.7 Å². The summed E-state index contributed by atoms with van der Waals surface area (Å²) >= 11 is 2.72. The smallest absolute Gasteiger partial charge is 0.216 e. The summed E-state index contributed by atoms with van der Waals surface area (Å²) in [6, 6.07) is 8.03. The number of nitriles is 1. The van der Waals surface area contributed by atoms with Gasteiger partial charge in [0, 0.05) is 38.8 Å². The van der Waals surface area contributed by atoms with Crippen molar-refractivity contribution < 1.29 is 12.8 Å². The number of likely N-dealkylation sites (N-methyl/N-ethyl adjacent to an activating group) is 1. The van der Waals surface area contributed by atoms with E-state index in [0.29, 0.717) is 34.2 Å². The van der Waals surface area contributed by atoms with Gasteiger partial charge < -0.3 is 9.80 Å². The summed E-state index contributed by atoms with van der Waals surface area (Å²) in [5.74, 6) is 0.409. The number of anilines is 3. The van der Waals surface area contributed by atoms with Gasteiger partial charge in [-0.2, -0.15) is 9.78 Å². The van der Waals surface area contributed by atoms with Crippen LogP contribution in [-0.4, -0.2) is 71.8 Å². The standard InChI is InChI=1S/C24H27FN8O2S3/c1-5-18-21(30(2)22-28-20(19(13-26)36-22)15-8-10-16(25)11-9-15)33-23(27-18)37-24(29-33)32-12-6-7-17(14-32)31(3)38(4,34)35/h8-11,17H,5-7,12,14H2,1-4H3. The molecule has 4 aromatic rings. The second-order valence-corrected chi connectivity index (χ2v) is 13.1. The van der Waals surface area contributed by atoms with Crippen molar-refractivity contribution in [3.8, 4) is 17.3 Å². The number of aryl methyl sites for hydroxylation is 1. The van der Waals surface area contributed by atoms with Crippen LogP contribution in [0.3, 0.4) is 0 Å². The number of imidazole rings is 1. The normalized spacial score (nSPS) is 16.3. The van der Waals surface area contributed by atoms with Gasteiger partial charge >= 0.3 is 0 Å². The zero-order valence-electron chi connectivity index (χ0n) is 21.4. The van der Waals surface area contributed by atoms with Crippen LogP contribution in [0.25, 0.3) is 16.2 Å². The molecule has 4 heterocycles. The Bertz CT molecular complexity index is 1620. The van der Waals surface area contributed by atoms with Crippen LogP contribution in [0, 0.1) is 17.1 Å². The van der Waals surface area contributed by atoms with E-state index >= 15 is 0 Å². The number of rotatable bonds is 7. The molecule has 1 aliphatic heterocycles. The van der Waals surface area contributed by atoms with Crippen molar-refractivity contribution in [3.63, 3.8) is 0 Å². The zero-order valence-corrected chi connectivity index (χ0v) is 23.9. The summed E-state index contributed by atoms with van der Waals surface area (Å²) in [6.45, 7) is 3.37. The molecule has 1 aromatic carbocycles. The molecule has 14 heteroatoms. The van der Waals surface area contributed by atoms with Gasteiger partial charge in [-0.15, -0.1) is 5.10 Å². The molecule has 0 bridgehead atoms. The highest BCUT2D eigenvalue weighted by Crippen LogP contribution is 2.38. The predicted molar refractivity (Wildman–Crippen MR) is 148 cm³/mol. The Morgan fingerprint density at radius 3 is 2.61 bits per heavy atom. The number of fused-ring (bicyclic) bond motifs is 1. The molecule has 200 valence electrons. The lowest BCUT2D eigenvalue weighted by Crippen LogP contribution is -2.48. The second-order valence-electron chi connectivity index (χ2n) is 9.19. The Labute approximate surface area is 228 Å². The molecule has 1 saturated heterocycles. The molecule has 1 atom stereocenters. The van der Waals surface area contributed by atoms with Crippen LogP contribution in [0.2, 0.25) is 0 Å². The fourth-order valence-corrected chi connectivity index (χ4v) is 7.10. The highest BCUT2D eigenvalue weighted by Gasteiger charge is 2.31. The number of hydrogen-bond acceptors (Lipinski definition) is 10. The van der Waals surface area contributed by atoms with E-state index in [0.717, 1.165) is 41.0 Å². The van der Waals surface area contributed by atoms with Gasteiger partial charge in [-0.3, -0.25) is 0 Å². The lowest BCUT2D eigenvalue weighted by Gasteiger charge is -2.36. The van der Waals surface area contributed by atoms with Crippen LogP contribution >= 0.6 is 22.7 Å². The number of hydrogen-bond donors (Lipinski definition) is 0. The summed E-state index contributed by atoms with van der Waals surface area (Å²) in [7, 11) is 0.209. The summed E-state index contributed by atoms with van der Waals surface area (Å²) in [4.78, 5) is 14.7. The van der Waals surface area contributed by atoms with E-state index in [9.17, 15) is 18.1 Å². The second kappa shape index (κ2) is 10.2. The minimum absolute atomic E-state index is 0.118. The molecule has 0 saturated carbocycles. The summed E-state index contributed by atoms with van der Waals surface area (Å²) in [5.41, 5.74) is 2.03. The molecule has 0 spiro atoms. The molecule has 0 N–H and O–H groups in total. The molecule has 1 fully saturated rings. The summed E-state index contributed by atoms with van der Waals surface area (Å²) in [6.07, 6.45) is 3.58. The van der Waals surface area contributed by atoms with E-state index in [1.807, 2.05) is 18.9 Å². The average Bonchev–Trinajstić information content (AvgIpc) is 3.60. The molecule has 1 unspecified atom stereocenters. The Hall–Kier alpha value is -3.12. The summed E-state index contributed by atoms with van der Waals surface area (Å²) < 4.78 is 40.9. The van der Waals surface area contributed by atoms with E-state index in [2.05, 4.69) is 11.0 Å². The Kier molecular flexibility index (Phi) is 7.12. The number of nitrogens with zero attached hydrogens (tertiary/aromatic N) is 8. The van der Waals surface area contributed by atoms with Gasteiger partial charge in [0.2, 0.25) is 20.1 Å². The third kappa shape index (κ3) is 4.86. The molecule has 10 nitrogen and oxygen atoms in total. The van der Waals surface area contributed by atoms with Crippen LogP contribution in [0.4, 0.5) is 20.5 Å². The van der Waals surface area contributed by atoms with Gasteiger partial charge in [0.1, 0.15) is 22.5 Å². The molecule has 0 amide bonds. The van der Waals surface area contributed by atoms with Gasteiger partial charge in [0.05, 0.1) is 11.9 Å². The van der Waals surface area contributed by atoms with Gasteiger partial charge in [-0.05, 0) is 43.5 Å². The Morgan fingerprint density at radius 2 is 1.95 bits per heavy atom. The van der Waals surface area contributed by atoms with Crippen LogP contribution in [0.5, 0.6) is 0 Å². The molecule has 5 rings (SSSR count). The van der Waals surface area contributed by atoms with Crippen LogP contribution < -0.4 is 9.80 Å². The highest BCUT2D eigenvalue weighted by molar-refractivity contribution is 7.88. The van der Waals surface area contributed by atoms with Crippen molar-refractivity contribution >= 4 is 53.7 Å². The molecule has 3 aromatic heterocycles. The third-order valence-electron chi connectivity index (χ3n) is 6.72. The lowest BCUT2D eigenvalue weighted by molar-refractivity contribution is 0.322. The Morgan fingerprint density at radius 1 is 1.21 bits per heavy atom. The maximum atomic E-state index is 13.4. The van der Waals surface area contributed by atoms with Crippen LogP contribution in [0.1, 0.15) is 30.3 Å². The molecule has 38 heavy (non-hydrogen) atoms. The van der Waals surface area contributed by atoms with Crippen molar-refractivity contribution in [1.82, 2.24) is 23.9 Å². The molecular weight excluding hydrogens is 548 g/mol. The molecule has 0 radical (unpaired) electrons. The van der Waals surface area contributed by atoms with Crippen molar-refractivity contribution in [2.24, 2.45) is 0 Å². The maximum absolute atomic E-state index is 13.4. The van der Waals surface area contributed by atoms with Crippen molar-refractivity contribution in [2.75, 3.05) is 43.2 Å². The maximum Gasteiger partial charge on any atom is 0.216 e. The van der Waals surface area contributed by atoms with Gasteiger partial charge in [0.25, 0.3) is 0 Å². The number of thiazole rings is 1. The van der Waals surface area contributed by atoms with Gasteiger partial charge in [-0.25, -0.2) is 27.1 Å². The van der Waals surface area contributed by atoms with E-state index < -0.39 is 10.0 Å². The predicted octanol–water partition coefficient (Wildman–Crippen LogP) is 4.12. The zero-order chi connectivity index (χ0) is 27.2. The molecular formula is C24H27FN8O2S3. The minimum Gasteiger partial charge on any atom is -0.345 e. The fraction of sp³-hybridized carbons (Fsp3) is 0.417. The number of aromatic nitrogens is 4. The number of halogens is 1. The SMILES string of the molecule is CCc1nc2sc(N3CCCC(N(C)S(C)(=O)=O)C3)nn2c1N(C)c1nc(-c2ccc(F)cc2)c(C#N)s1. The topological polar surface area (TPSA) is 111 Å². The summed E-state index contributed by atoms with van der Waals surface area (Å²) in [5, 5.41) is 16.0. The third-order valence-corrected chi connectivity index (χ3v) is 10.1. The Balaban J connectivity index is 1.49. The van der Waals surface area contributed by atoms with Crippen LogP contribution in [-0.2, 0) is 16.4 Å².